The van der Waals surface area contributed by atoms with E-state index in [9.17, 15) is 4.79 Å². The van der Waals surface area contributed by atoms with Gasteiger partial charge in [-0.25, -0.2) is 9.59 Å². The maximum Gasteiger partial charge on any atom is 0.414 e. The summed E-state index contributed by atoms with van der Waals surface area (Å²) in [6.45, 7) is 4.22. The summed E-state index contributed by atoms with van der Waals surface area (Å²) in [6.07, 6.45) is 3.67. The van der Waals surface area contributed by atoms with E-state index < -0.39 is 11.9 Å². The first-order chi connectivity index (χ1) is 16.5. The standard InChI is InChI=1S/C24H25N3O.C2H2O4/c28-24(23(21-7-3-1-4-8-21)22-9-5-2-6-10-22)27-17-15-26(16-18-27)19-20-11-13-25-14-12-20;3-1(4)2(5)6/h1-14,23H,15-19H2;(H,3,4)(H,5,6). The zero-order chi connectivity index (χ0) is 24.3. The molecule has 0 atom stereocenters. The number of rotatable bonds is 5. The van der Waals surface area contributed by atoms with E-state index in [0.29, 0.717) is 0 Å². The smallest absolute Gasteiger partial charge is 0.414 e. The Hall–Kier alpha value is -4.04. The molecule has 1 fully saturated rings. The zero-order valence-corrected chi connectivity index (χ0v) is 18.7. The topological polar surface area (TPSA) is 111 Å². The number of carboxylic acid groups (broad SMARTS) is 2. The predicted molar refractivity (Wildman–Crippen MR) is 126 cm³/mol. The molecule has 3 aromatic rings. The van der Waals surface area contributed by atoms with Crippen LogP contribution in [-0.4, -0.2) is 69.0 Å². The summed E-state index contributed by atoms with van der Waals surface area (Å²) in [6, 6.07) is 24.3. The molecule has 2 heterocycles. The fraction of sp³-hybridized carbons (Fsp3) is 0.231. The molecule has 34 heavy (non-hydrogen) atoms. The second kappa shape index (κ2) is 12.3. The van der Waals surface area contributed by atoms with Crippen molar-refractivity contribution in [3.05, 3.63) is 102 Å². The van der Waals surface area contributed by atoms with Gasteiger partial charge >= 0.3 is 11.9 Å². The number of hydrogen-bond donors (Lipinski definition) is 2. The van der Waals surface area contributed by atoms with E-state index in [0.717, 1.165) is 43.9 Å². The van der Waals surface area contributed by atoms with E-state index >= 15 is 0 Å². The van der Waals surface area contributed by atoms with Gasteiger partial charge in [-0.15, -0.1) is 0 Å². The van der Waals surface area contributed by atoms with Gasteiger partial charge in [-0.3, -0.25) is 14.7 Å². The van der Waals surface area contributed by atoms with Gasteiger partial charge in [-0.05, 0) is 28.8 Å². The minimum absolute atomic E-state index is 0.195. The number of hydrogen-bond acceptors (Lipinski definition) is 5. The first-order valence-corrected chi connectivity index (χ1v) is 10.9. The van der Waals surface area contributed by atoms with Crippen molar-refractivity contribution in [2.24, 2.45) is 0 Å². The minimum Gasteiger partial charge on any atom is -0.473 e. The van der Waals surface area contributed by atoms with Crippen LogP contribution in [0.4, 0.5) is 0 Å². The Morgan fingerprint density at radius 2 is 1.21 bits per heavy atom. The summed E-state index contributed by atoms with van der Waals surface area (Å²) in [5.74, 6) is -3.69. The molecule has 8 nitrogen and oxygen atoms in total. The maximum atomic E-state index is 13.5. The highest BCUT2D eigenvalue weighted by Gasteiger charge is 2.29. The number of aliphatic carboxylic acids is 2. The zero-order valence-electron chi connectivity index (χ0n) is 18.7. The van der Waals surface area contributed by atoms with E-state index in [1.165, 1.54) is 5.56 Å². The average molecular weight is 462 g/mol. The lowest BCUT2D eigenvalue weighted by atomic mass is 9.90. The molecule has 0 radical (unpaired) electrons. The van der Waals surface area contributed by atoms with E-state index in [1.807, 2.05) is 53.7 Å². The number of carbonyl (C=O) groups is 3. The van der Waals surface area contributed by atoms with Crippen LogP contribution in [0.25, 0.3) is 0 Å². The molecule has 1 saturated heterocycles. The van der Waals surface area contributed by atoms with Crippen LogP contribution in [0.5, 0.6) is 0 Å². The van der Waals surface area contributed by atoms with Gasteiger partial charge in [0.25, 0.3) is 0 Å². The highest BCUT2D eigenvalue weighted by molar-refractivity contribution is 6.27. The molecule has 2 N–H and O–H groups in total. The maximum absolute atomic E-state index is 13.5. The monoisotopic (exact) mass is 461 g/mol. The molecule has 0 bridgehead atoms. The highest BCUT2D eigenvalue weighted by atomic mass is 16.4. The number of nitrogens with zero attached hydrogens (tertiary/aromatic N) is 3. The van der Waals surface area contributed by atoms with E-state index in [-0.39, 0.29) is 11.8 Å². The lowest BCUT2D eigenvalue weighted by molar-refractivity contribution is -0.159. The van der Waals surface area contributed by atoms with Gasteiger partial charge in [0.15, 0.2) is 0 Å². The number of carboxylic acids is 2. The average Bonchev–Trinajstić information content (AvgIpc) is 2.87. The van der Waals surface area contributed by atoms with Crippen molar-refractivity contribution < 1.29 is 24.6 Å². The Morgan fingerprint density at radius 1 is 0.735 bits per heavy atom. The third-order valence-corrected chi connectivity index (χ3v) is 5.54. The molecule has 1 aliphatic heterocycles. The number of pyridine rings is 1. The molecule has 0 saturated carbocycles. The van der Waals surface area contributed by atoms with Crippen LogP contribution in [0, 0.1) is 0 Å². The summed E-state index contributed by atoms with van der Waals surface area (Å²) < 4.78 is 0. The van der Waals surface area contributed by atoms with Crippen molar-refractivity contribution >= 4 is 17.8 Å². The number of benzene rings is 2. The largest absolute Gasteiger partial charge is 0.473 e. The second-order valence-electron chi connectivity index (χ2n) is 7.82. The van der Waals surface area contributed by atoms with Crippen molar-refractivity contribution in [2.75, 3.05) is 26.2 Å². The molecular formula is C26H27N3O5. The van der Waals surface area contributed by atoms with E-state index in [4.69, 9.17) is 19.8 Å². The van der Waals surface area contributed by atoms with Crippen LogP contribution in [0.2, 0.25) is 0 Å². The van der Waals surface area contributed by atoms with Crippen LogP contribution in [-0.2, 0) is 20.9 Å². The number of amides is 1. The normalized spacial score (nSPS) is 13.6. The SMILES string of the molecule is O=C(C(c1ccccc1)c1ccccc1)N1CCN(Cc2ccncc2)CC1.O=C(O)C(=O)O. The highest BCUT2D eigenvalue weighted by Crippen LogP contribution is 2.27. The Balaban J connectivity index is 0.000000481. The summed E-state index contributed by atoms with van der Waals surface area (Å²) >= 11 is 0. The molecule has 0 spiro atoms. The van der Waals surface area contributed by atoms with Gasteiger partial charge in [0, 0.05) is 45.1 Å². The summed E-state index contributed by atoms with van der Waals surface area (Å²) in [4.78, 5) is 40.2. The first kappa shape index (κ1) is 24.6. The van der Waals surface area contributed by atoms with Gasteiger partial charge in [0.2, 0.25) is 5.91 Å². The van der Waals surface area contributed by atoms with Crippen molar-refractivity contribution in [2.45, 2.75) is 12.5 Å². The minimum atomic E-state index is -1.82. The van der Waals surface area contributed by atoms with Crippen LogP contribution in [0.15, 0.2) is 85.2 Å². The molecule has 1 aromatic heterocycles. The Morgan fingerprint density at radius 3 is 1.65 bits per heavy atom. The molecule has 8 heteroatoms. The summed E-state index contributed by atoms with van der Waals surface area (Å²) in [7, 11) is 0. The van der Waals surface area contributed by atoms with Crippen molar-refractivity contribution in [3.63, 3.8) is 0 Å². The fourth-order valence-electron chi connectivity index (χ4n) is 3.82. The van der Waals surface area contributed by atoms with E-state index in [2.05, 4.69) is 46.3 Å². The quantitative estimate of drug-likeness (QED) is 0.562. The predicted octanol–water partition coefficient (Wildman–Crippen LogP) is 2.71. The van der Waals surface area contributed by atoms with Crippen molar-refractivity contribution in [3.8, 4) is 0 Å². The van der Waals surface area contributed by atoms with Crippen molar-refractivity contribution in [1.82, 2.24) is 14.8 Å². The Labute approximate surface area is 198 Å². The third-order valence-electron chi connectivity index (χ3n) is 5.54. The first-order valence-electron chi connectivity index (χ1n) is 10.9. The van der Waals surface area contributed by atoms with Crippen LogP contribution < -0.4 is 0 Å². The van der Waals surface area contributed by atoms with Gasteiger partial charge in [0.1, 0.15) is 0 Å². The third kappa shape index (κ3) is 6.98. The van der Waals surface area contributed by atoms with E-state index in [1.54, 1.807) is 0 Å². The summed E-state index contributed by atoms with van der Waals surface area (Å²) in [5.41, 5.74) is 3.37. The lowest BCUT2D eigenvalue weighted by Gasteiger charge is -2.36. The molecule has 0 unspecified atom stereocenters. The second-order valence-corrected chi connectivity index (χ2v) is 7.82. The molecule has 1 amide bonds. The van der Waals surface area contributed by atoms with Gasteiger partial charge in [-0.2, -0.15) is 0 Å². The Kier molecular flexibility index (Phi) is 8.88. The molecule has 176 valence electrons. The fourth-order valence-corrected chi connectivity index (χ4v) is 3.82. The molecule has 2 aromatic carbocycles. The van der Waals surface area contributed by atoms with Gasteiger partial charge in [0.05, 0.1) is 5.92 Å². The van der Waals surface area contributed by atoms with Gasteiger partial charge in [-0.1, -0.05) is 60.7 Å². The molecule has 0 aliphatic carbocycles. The van der Waals surface area contributed by atoms with Crippen LogP contribution in [0.3, 0.4) is 0 Å². The molecule has 4 rings (SSSR count). The summed E-state index contributed by atoms with van der Waals surface area (Å²) in [5, 5.41) is 14.8. The molecule has 1 aliphatic rings. The molecular weight excluding hydrogens is 434 g/mol. The Bertz CT molecular complexity index is 1020. The number of carbonyl (C=O) groups excluding carboxylic acids is 1. The van der Waals surface area contributed by atoms with Crippen LogP contribution in [0.1, 0.15) is 22.6 Å². The van der Waals surface area contributed by atoms with Crippen LogP contribution >= 0.6 is 0 Å². The number of aromatic nitrogens is 1. The van der Waals surface area contributed by atoms with Crippen molar-refractivity contribution in [1.29, 1.82) is 0 Å². The van der Waals surface area contributed by atoms with Gasteiger partial charge < -0.3 is 15.1 Å². The lowest BCUT2D eigenvalue weighted by Crippen LogP contribution is -2.49. The number of piperazine rings is 1.